The normalized spacial score (nSPS) is 20.1. The number of pyridine rings is 1. The summed E-state index contributed by atoms with van der Waals surface area (Å²) in [4.78, 5) is 38.7. The number of aromatic nitrogens is 1. The van der Waals surface area contributed by atoms with Crippen molar-refractivity contribution in [3.8, 4) is 0 Å². The van der Waals surface area contributed by atoms with Crippen LogP contribution in [0.15, 0.2) is 47.3 Å². The number of benzene rings is 1. The topological polar surface area (TPSA) is 71.4 Å². The van der Waals surface area contributed by atoms with Crippen molar-refractivity contribution in [1.82, 2.24) is 14.8 Å². The predicted molar refractivity (Wildman–Crippen MR) is 106 cm³/mol. The lowest BCUT2D eigenvalue weighted by Crippen LogP contribution is -2.49. The molecule has 2 bridgehead atoms. The van der Waals surface area contributed by atoms with Gasteiger partial charge in [-0.3, -0.25) is 14.4 Å². The maximum Gasteiger partial charge on any atom is 0.250 e. The van der Waals surface area contributed by atoms with E-state index in [4.69, 9.17) is 0 Å². The van der Waals surface area contributed by atoms with Gasteiger partial charge in [-0.2, -0.15) is 0 Å². The Balaban J connectivity index is 1.29. The van der Waals surface area contributed by atoms with E-state index in [-0.39, 0.29) is 47.9 Å². The molecule has 0 saturated carbocycles. The van der Waals surface area contributed by atoms with Gasteiger partial charge < -0.3 is 14.8 Å². The number of halogens is 1. The number of piperidine rings is 1. The number of likely N-dealkylation sites (tertiary alicyclic amines) is 1. The van der Waals surface area contributed by atoms with E-state index < -0.39 is 0 Å². The number of carbonyl (C=O) groups is 2. The Morgan fingerprint density at radius 3 is 2.62 bits per heavy atom. The second kappa shape index (κ2) is 8.19. The molecule has 0 spiro atoms. The van der Waals surface area contributed by atoms with Crippen molar-refractivity contribution in [1.29, 1.82) is 0 Å². The predicted octanol–water partition coefficient (Wildman–Crippen LogP) is 2.03. The van der Waals surface area contributed by atoms with Crippen LogP contribution in [0.4, 0.5) is 4.39 Å². The van der Waals surface area contributed by atoms with E-state index in [0.29, 0.717) is 26.2 Å². The van der Waals surface area contributed by atoms with Gasteiger partial charge in [-0.05, 0) is 36.1 Å². The molecule has 0 radical (unpaired) electrons. The van der Waals surface area contributed by atoms with Gasteiger partial charge in [0.05, 0.1) is 0 Å². The van der Waals surface area contributed by atoms with Crippen LogP contribution in [-0.4, -0.2) is 34.4 Å². The molecule has 2 amide bonds. The van der Waals surface area contributed by atoms with Crippen molar-refractivity contribution in [2.75, 3.05) is 13.1 Å². The Hall–Kier alpha value is -2.96. The quantitative estimate of drug-likeness (QED) is 0.839. The Morgan fingerprint density at radius 1 is 1.03 bits per heavy atom. The first-order valence-electron chi connectivity index (χ1n) is 9.98. The van der Waals surface area contributed by atoms with Crippen molar-refractivity contribution < 1.29 is 14.0 Å². The molecular weight excluding hydrogens is 373 g/mol. The molecule has 0 unspecified atom stereocenters. The molecule has 1 N–H and O–H groups in total. The zero-order chi connectivity index (χ0) is 20.4. The van der Waals surface area contributed by atoms with Gasteiger partial charge >= 0.3 is 0 Å². The summed E-state index contributed by atoms with van der Waals surface area (Å²) in [6.45, 7) is 2.18. The number of nitrogens with zero attached hydrogens (tertiary/aromatic N) is 2. The number of nitrogens with one attached hydrogen (secondary N) is 1. The fraction of sp³-hybridized carbons (Fsp3) is 0.409. The summed E-state index contributed by atoms with van der Waals surface area (Å²) in [6.07, 6.45) is 1.28. The van der Waals surface area contributed by atoms with Gasteiger partial charge in [-0.15, -0.1) is 0 Å². The van der Waals surface area contributed by atoms with Crippen LogP contribution >= 0.6 is 0 Å². The monoisotopic (exact) mass is 397 g/mol. The zero-order valence-corrected chi connectivity index (χ0v) is 16.1. The molecule has 3 heterocycles. The fourth-order valence-corrected chi connectivity index (χ4v) is 4.37. The van der Waals surface area contributed by atoms with Gasteiger partial charge in [-0.1, -0.05) is 18.2 Å². The van der Waals surface area contributed by atoms with Crippen LogP contribution in [0.3, 0.4) is 0 Å². The summed E-state index contributed by atoms with van der Waals surface area (Å²) in [5.74, 6) is -0.0881. The van der Waals surface area contributed by atoms with E-state index in [0.717, 1.165) is 17.7 Å². The second-order valence-corrected chi connectivity index (χ2v) is 7.90. The molecule has 7 heteroatoms. The molecule has 0 aliphatic carbocycles. The highest BCUT2D eigenvalue weighted by atomic mass is 19.1. The van der Waals surface area contributed by atoms with Crippen LogP contribution in [0, 0.1) is 11.7 Å². The average Bonchev–Trinajstić information content (AvgIpc) is 2.72. The Labute approximate surface area is 168 Å². The van der Waals surface area contributed by atoms with Crippen LogP contribution in [0.2, 0.25) is 0 Å². The maximum atomic E-state index is 12.9. The van der Waals surface area contributed by atoms with Gasteiger partial charge in [0.25, 0.3) is 5.56 Å². The third-order valence-electron chi connectivity index (χ3n) is 5.80. The van der Waals surface area contributed by atoms with Crippen molar-refractivity contribution >= 4 is 11.8 Å². The SMILES string of the molecule is O=C(CCC(=O)N1C[C@H]2C[C@H](C1)c1cccc(=O)n1C2)NCc1ccc(F)cc1. The van der Waals surface area contributed by atoms with E-state index >= 15 is 0 Å². The molecule has 2 aliphatic rings. The minimum Gasteiger partial charge on any atom is -0.352 e. The summed E-state index contributed by atoms with van der Waals surface area (Å²) < 4.78 is 14.7. The first-order valence-corrected chi connectivity index (χ1v) is 9.98. The van der Waals surface area contributed by atoms with Crippen LogP contribution in [-0.2, 0) is 22.7 Å². The van der Waals surface area contributed by atoms with Crippen molar-refractivity contribution in [3.05, 3.63) is 69.9 Å². The lowest BCUT2D eigenvalue weighted by molar-refractivity contribution is -0.136. The fourth-order valence-electron chi connectivity index (χ4n) is 4.37. The summed E-state index contributed by atoms with van der Waals surface area (Å²) in [5, 5.41) is 2.77. The third-order valence-corrected chi connectivity index (χ3v) is 5.80. The lowest BCUT2D eigenvalue weighted by atomic mass is 9.83. The van der Waals surface area contributed by atoms with Gasteiger partial charge in [0.15, 0.2) is 0 Å². The van der Waals surface area contributed by atoms with Crippen LogP contribution in [0.1, 0.15) is 36.4 Å². The standard InChI is InChI=1S/C22H24FN3O3/c23-18-6-4-15(5-7-18)11-24-20(27)8-9-21(28)25-12-16-10-17(14-25)19-2-1-3-22(29)26(19)13-16/h1-7,16-17H,8-14H2,(H,24,27)/t16-,17-/m1/s1. The molecule has 1 saturated heterocycles. The highest BCUT2D eigenvalue weighted by Gasteiger charge is 2.36. The maximum absolute atomic E-state index is 12.9. The number of amides is 2. The van der Waals surface area contributed by atoms with Crippen molar-refractivity contribution in [2.24, 2.45) is 5.92 Å². The lowest BCUT2D eigenvalue weighted by Gasteiger charge is -2.42. The third kappa shape index (κ3) is 4.39. The molecule has 2 atom stereocenters. The summed E-state index contributed by atoms with van der Waals surface area (Å²) in [7, 11) is 0. The van der Waals surface area contributed by atoms with E-state index in [1.807, 2.05) is 15.5 Å². The molecule has 2 aromatic rings. The summed E-state index contributed by atoms with van der Waals surface area (Å²) in [5.41, 5.74) is 1.84. The number of hydrogen-bond acceptors (Lipinski definition) is 3. The van der Waals surface area contributed by atoms with E-state index in [9.17, 15) is 18.8 Å². The second-order valence-electron chi connectivity index (χ2n) is 7.90. The highest BCUT2D eigenvalue weighted by molar-refractivity contribution is 5.83. The number of carbonyl (C=O) groups excluding carboxylic acids is 2. The Morgan fingerprint density at radius 2 is 1.83 bits per heavy atom. The molecule has 152 valence electrons. The summed E-state index contributed by atoms with van der Waals surface area (Å²) in [6, 6.07) is 11.3. The first kappa shape index (κ1) is 19.4. The minimum atomic E-state index is -0.315. The van der Waals surface area contributed by atoms with Crippen molar-refractivity contribution in [3.63, 3.8) is 0 Å². The van der Waals surface area contributed by atoms with E-state index in [2.05, 4.69) is 5.32 Å². The molecule has 4 rings (SSSR count). The smallest absolute Gasteiger partial charge is 0.250 e. The van der Waals surface area contributed by atoms with Crippen LogP contribution in [0.25, 0.3) is 0 Å². The number of fused-ring (bicyclic) bond motifs is 4. The molecule has 1 fully saturated rings. The van der Waals surface area contributed by atoms with Gasteiger partial charge in [0, 0.05) is 56.7 Å². The molecule has 1 aromatic heterocycles. The largest absolute Gasteiger partial charge is 0.352 e. The molecular formula is C22H24FN3O3. The van der Waals surface area contributed by atoms with Crippen LogP contribution in [0.5, 0.6) is 0 Å². The summed E-state index contributed by atoms with van der Waals surface area (Å²) >= 11 is 0. The Bertz CT molecular complexity index is 970. The highest BCUT2D eigenvalue weighted by Crippen LogP contribution is 2.35. The van der Waals surface area contributed by atoms with Gasteiger partial charge in [0.2, 0.25) is 11.8 Å². The molecule has 29 heavy (non-hydrogen) atoms. The van der Waals surface area contributed by atoms with Crippen LogP contribution < -0.4 is 10.9 Å². The van der Waals surface area contributed by atoms with E-state index in [1.165, 1.54) is 12.1 Å². The average molecular weight is 397 g/mol. The molecule has 6 nitrogen and oxygen atoms in total. The zero-order valence-electron chi connectivity index (χ0n) is 16.1. The van der Waals surface area contributed by atoms with Crippen molar-refractivity contribution in [2.45, 2.75) is 38.3 Å². The minimum absolute atomic E-state index is 0.0230. The number of hydrogen-bond donors (Lipinski definition) is 1. The molecule has 1 aromatic carbocycles. The molecule has 2 aliphatic heterocycles. The number of rotatable bonds is 5. The van der Waals surface area contributed by atoms with Gasteiger partial charge in [-0.25, -0.2) is 4.39 Å². The van der Waals surface area contributed by atoms with E-state index in [1.54, 1.807) is 24.3 Å². The Kier molecular flexibility index (Phi) is 5.47. The first-order chi connectivity index (χ1) is 14.0. The van der Waals surface area contributed by atoms with Gasteiger partial charge in [0.1, 0.15) is 5.82 Å².